The molecular weight excluding hydrogens is 371 g/mol. The molecule has 0 amide bonds. The minimum absolute atomic E-state index is 0.0349. The van der Waals surface area contributed by atoms with Crippen molar-refractivity contribution in [3.05, 3.63) is 26.3 Å². The van der Waals surface area contributed by atoms with Gasteiger partial charge in [0.2, 0.25) is 0 Å². The Hall–Kier alpha value is -0.250. The highest BCUT2D eigenvalue weighted by molar-refractivity contribution is 14.1. The topological polar surface area (TPSA) is 20.2 Å². The number of phenols is 1. The Balaban J connectivity index is 3.47. The normalized spacial score (nSPS) is 12.8. The monoisotopic (exact) mass is 402 g/mol. The molecule has 0 saturated heterocycles. The molecule has 21 heavy (non-hydrogen) atoms. The summed E-state index contributed by atoms with van der Waals surface area (Å²) in [7, 11) is 0. The first-order chi connectivity index (χ1) is 9.50. The van der Waals surface area contributed by atoms with E-state index in [0.29, 0.717) is 5.75 Å². The maximum absolute atomic E-state index is 10.9. The molecule has 1 aromatic carbocycles. The molecule has 0 saturated carbocycles. The van der Waals surface area contributed by atoms with Crippen LogP contribution in [-0.4, -0.2) is 5.11 Å². The zero-order chi connectivity index (χ0) is 16.4. The summed E-state index contributed by atoms with van der Waals surface area (Å²) in [5, 5.41) is 10.9. The Bertz CT molecular complexity index is 490. The summed E-state index contributed by atoms with van der Waals surface area (Å²) >= 11 is 2.45. The molecule has 0 aliphatic rings. The number of rotatable bonds is 4. The fourth-order valence-corrected chi connectivity index (χ4v) is 3.71. The summed E-state index contributed by atoms with van der Waals surface area (Å²) in [6.07, 6.45) is 4.75. The van der Waals surface area contributed by atoms with E-state index < -0.39 is 0 Å². The van der Waals surface area contributed by atoms with Crippen LogP contribution in [0.2, 0.25) is 0 Å². The average molecular weight is 402 g/mol. The van der Waals surface area contributed by atoms with Crippen LogP contribution >= 0.6 is 22.6 Å². The van der Waals surface area contributed by atoms with Gasteiger partial charge in [0.15, 0.2) is 0 Å². The lowest BCUT2D eigenvalue weighted by Gasteiger charge is -2.30. The van der Waals surface area contributed by atoms with Gasteiger partial charge in [0, 0.05) is 14.7 Å². The highest BCUT2D eigenvalue weighted by Gasteiger charge is 2.29. The molecular formula is C19H31IO. The van der Waals surface area contributed by atoms with Crippen LogP contribution in [0.4, 0.5) is 0 Å². The van der Waals surface area contributed by atoms with Gasteiger partial charge in [-0.15, -0.1) is 0 Å². The molecule has 0 spiro atoms. The molecule has 1 rings (SSSR count). The molecule has 0 aliphatic heterocycles. The minimum atomic E-state index is -0.0358. The van der Waals surface area contributed by atoms with Crippen LogP contribution in [0.3, 0.4) is 0 Å². The molecule has 120 valence electrons. The second-order valence-corrected chi connectivity index (χ2v) is 9.23. The molecule has 1 aromatic rings. The van der Waals surface area contributed by atoms with Gasteiger partial charge in [-0.05, 0) is 57.9 Å². The lowest BCUT2D eigenvalue weighted by Crippen LogP contribution is -2.20. The predicted molar refractivity (Wildman–Crippen MR) is 101 cm³/mol. The molecule has 0 aromatic heterocycles. The van der Waals surface area contributed by atoms with Crippen molar-refractivity contribution in [1.29, 1.82) is 0 Å². The molecule has 1 nitrogen and oxygen atoms in total. The first-order valence-electron chi connectivity index (χ1n) is 8.05. The number of phenolic OH excluding ortho intramolecular Hbond substituents is 1. The maximum atomic E-state index is 10.9. The predicted octanol–water partition coefficient (Wildman–Crippen LogP) is 6.32. The van der Waals surface area contributed by atoms with Gasteiger partial charge in [-0.3, -0.25) is 0 Å². The van der Waals surface area contributed by atoms with Crippen LogP contribution in [0.1, 0.15) is 84.4 Å². The summed E-state index contributed by atoms with van der Waals surface area (Å²) in [5.74, 6) is 0.516. The van der Waals surface area contributed by atoms with Crippen LogP contribution in [0.5, 0.6) is 5.75 Å². The SMILES string of the molecule is CCCCCc1c(I)cc(C(C)(C)C)c(O)c1C(C)(C)C. The fourth-order valence-electron chi connectivity index (χ4n) is 2.85. The second kappa shape index (κ2) is 6.89. The zero-order valence-electron chi connectivity index (χ0n) is 14.7. The highest BCUT2D eigenvalue weighted by Crippen LogP contribution is 2.43. The smallest absolute Gasteiger partial charge is 0.123 e. The van der Waals surface area contributed by atoms with Gasteiger partial charge in [0.05, 0.1) is 0 Å². The molecule has 0 radical (unpaired) electrons. The number of hydrogen-bond acceptors (Lipinski definition) is 1. The van der Waals surface area contributed by atoms with Crippen LogP contribution in [-0.2, 0) is 17.3 Å². The summed E-state index contributed by atoms with van der Waals surface area (Å²) in [5.41, 5.74) is 3.49. The number of halogens is 1. The van der Waals surface area contributed by atoms with E-state index in [2.05, 4.69) is 77.1 Å². The molecule has 2 heteroatoms. The third-order valence-corrected chi connectivity index (χ3v) is 4.90. The third-order valence-electron chi connectivity index (χ3n) is 3.94. The van der Waals surface area contributed by atoms with E-state index in [1.54, 1.807) is 0 Å². The van der Waals surface area contributed by atoms with Crippen molar-refractivity contribution in [1.82, 2.24) is 0 Å². The molecule has 0 fully saturated rings. The van der Waals surface area contributed by atoms with Gasteiger partial charge in [-0.1, -0.05) is 61.3 Å². The first kappa shape index (κ1) is 18.8. The van der Waals surface area contributed by atoms with Crippen LogP contribution in [0.15, 0.2) is 6.07 Å². The Labute approximate surface area is 144 Å². The number of unbranched alkanes of at least 4 members (excludes halogenated alkanes) is 2. The van der Waals surface area contributed by atoms with Crippen LogP contribution < -0.4 is 0 Å². The van der Waals surface area contributed by atoms with Crippen molar-refractivity contribution in [2.24, 2.45) is 0 Å². The van der Waals surface area contributed by atoms with Gasteiger partial charge < -0.3 is 5.11 Å². The molecule has 0 unspecified atom stereocenters. The van der Waals surface area contributed by atoms with E-state index in [0.717, 1.165) is 17.5 Å². The van der Waals surface area contributed by atoms with Gasteiger partial charge in [0.1, 0.15) is 5.75 Å². The highest BCUT2D eigenvalue weighted by atomic mass is 127. The van der Waals surface area contributed by atoms with Crippen molar-refractivity contribution < 1.29 is 5.11 Å². The summed E-state index contributed by atoms with van der Waals surface area (Å²) in [6.45, 7) is 15.3. The number of benzene rings is 1. The average Bonchev–Trinajstić information content (AvgIpc) is 2.30. The van der Waals surface area contributed by atoms with Gasteiger partial charge in [-0.25, -0.2) is 0 Å². The largest absolute Gasteiger partial charge is 0.507 e. The quantitative estimate of drug-likeness (QED) is 0.461. The Morgan fingerprint density at radius 1 is 1.00 bits per heavy atom. The Morgan fingerprint density at radius 3 is 2.00 bits per heavy atom. The van der Waals surface area contributed by atoms with E-state index in [4.69, 9.17) is 0 Å². The lowest BCUT2D eigenvalue weighted by molar-refractivity contribution is 0.420. The minimum Gasteiger partial charge on any atom is -0.507 e. The molecule has 0 bridgehead atoms. The summed E-state index contributed by atoms with van der Waals surface area (Å²) < 4.78 is 1.30. The molecule has 0 atom stereocenters. The number of hydrogen-bond donors (Lipinski definition) is 1. The van der Waals surface area contributed by atoms with Crippen molar-refractivity contribution in [3.8, 4) is 5.75 Å². The molecule has 0 aliphatic carbocycles. The lowest BCUT2D eigenvalue weighted by atomic mass is 9.76. The third kappa shape index (κ3) is 4.61. The maximum Gasteiger partial charge on any atom is 0.123 e. The van der Waals surface area contributed by atoms with Gasteiger partial charge in [0.25, 0.3) is 0 Å². The van der Waals surface area contributed by atoms with Crippen molar-refractivity contribution in [2.75, 3.05) is 0 Å². The van der Waals surface area contributed by atoms with Crippen molar-refractivity contribution in [3.63, 3.8) is 0 Å². The Kier molecular flexibility index (Phi) is 6.17. The Morgan fingerprint density at radius 2 is 1.57 bits per heavy atom. The van der Waals surface area contributed by atoms with E-state index >= 15 is 0 Å². The number of aromatic hydroxyl groups is 1. The zero-order valence-corrected chi connectivity index (χ0v) is 16.9. The first-order valence-corrected chi connectivity index (χ1v) is 9.13. The second-order valence-electron chi connectivity index (χ2n) is 8.07. The summed E-state index contributed by atoms with van der Waals surface area (Å²) in [4.78, 5) is 0. The van der Waals surface area contributed by atoms with Gasteiger partial charge in [-0.2, -0.15) is 0 Å². The van der Waals surface area contributed by atoms with Gasteiger partial charge >= 0.3 is 0 Å². The van der Waals surface area contributed by atoms with E-state index in [-0.39, 0.29) is 10.8 Å². The standard InChI is InChI=1S/C19H31IO/c1-8-9-10-11-13-15(20)12-14(18(2,3)4)17(21)16(13)19(5,6)7/h12,21H,8-11H2,1-7H3. The van der Waals surface area contributed by atoms with E-state index in [9.17, 15) is 5.11 Å². The van der Waals surface area contributed by atoms with E-state index in [1.165, 1.54) is 28.4 Å². The molecule has 0 heterocycles. The molecule has 1 N–H and O–H groups in total. The van der Waals surface area contributed by atoms with Crippen molar-refractivity contribution in [2.45, 2.75) is 85.0 Å². The fraction of sp³-hybridized carbons (Fsp3) is 0.684. The van der Waals surface area contributed by atoms with Crippen LogP contribution in [0.25, 0.3) is 0 Å². The van der Waals surface area contributed by atoms with Crippen LogP contribution in [0, 0.1) is 3.57 Å². The summed E-state index contributed by atoms with van der Waals surface area (Å²) in [6, 6.07) is 2.19. The van der Waals surface area contributed by atoms with Crippen molar-refractivity contribution >= 4 is 22.6 Å². The van der Waals surface area contributed by atoms with E-state index in [1.807, 2.05) is 0 Å².